The molecule has 1 unspecified atom stereocenters. The molecule has 0 saturated carbocycles. The van der Waals surface area contributed by atoms with Gasteiger partial charge in [0.05, 0.1) is 17.1 Å². The summed E-state index contributed by atoms with van der Waals surface area (Å²) in [4.78, 5) is 39.0. The third-order valence-corrected chi connectivity index (χ3v) is 6.09. The summed E-state index contributed by atoms with van der Waals surface area (Å²) in [7, 11) is 0. The Bertz CT molecular complexity index is 1250. The number of benzene rings is 3. The van der Waals surface area contributed by atoms with Gasteiger partial charge in [-0.2, -0.15) is 0 Å². The lowest BCUT2D eigenvalue weighted by Crippen LogP contribution is -2.50. The van der Waals surface area contributed by atoms with E-state index in [4.69, 9.17) is 17.2 Å². The maximum Gasteiger partial charge on any atom is 0.240 e. The Morgan fingerprint density at radius 2 is 1.50 bits per heavy atom. The van der Waals surface area contributed by atoms with Crippen LogP contribution in [0.25, 0.3) is 0 Å². The maximum atomic E-state index is 14.3. The molecule has 2 atom stereocenters. The molecule has 0 aliphatic rings. The van der Waals surface area contributed by atoms with Crippen LogP contribution in [0.3, 0.4) is 0 Å². The molecule has 11 nitrogen and oxygen atoms in total. The van der Waals surface area contributed by atoms with Crippen molar-refractivity contribution < 1.29 is 19.7 Å². The number of phenols is 1. The number of nitrogens with two attached hydrogens (primary N) is 3. The van der Waals surface area contributed by atoms with E-state index in [2.05, 4.69) is 5.10 Å². The van der Waals surface area contributed by atoms with E-state index >= 15 is 0 Å². The highest BCUT2D eigenvalue weighted by Gasteiger charge is 2.35. The number of hydrogen-bond donors (Lipinski definition) is 4. The fourth-order valence-electron chi connectivity index (χ4n) is 4.23. The summed E-state index contributed by atoms with van der Waals surface area (Å²) < 4.78 is 0. The highest BCUT2D eigenvalue weighted by atomic mass is 16.7. The summed E-state index contributed by atoms with van der Waals surface area (Å²) in [6.07, 6.45) is -0.0206. The van der Waals surface area contributed by atoms with E-state index in [1.807, 2.05) is 60.7 Å². The van der Waals surface area contributed by atoms with Crippen LogP contribution in [0.15, 0.2) is 90.0 Å². The Morgan fingerprint density at radius 3 is 2.00 bits per heavy atom. The van der Waals surface area contributed by atoms with Crippen molar-refractivity contribution in [2.75, 3.05) is 0 Å². The van der Waals surface area contributed by atoms with Gasteiger partial charge >= 0.3 is 0 Å². The lowest BCUT2D eigenvalue weighted by Gasteiger charge is -2.34. The molecule has 0 radical (unpaired) electrons. The van der Waals surface area contributed by atoms with Crippen molar-refractivity contribution in [3.63, 3.8) is 0 Å². The molecule has 0 bridgehead atoms. The molecule has 3 rings (SSSR count). The van der Waals surface area contributed by atoms with Crippen molar-refractivity contribution in [3.8, 4) is 5.75 Å². The molecular formula is C27H30N6O5. The van der Waals surface area contributed by atoms with Gasteiger partial charge in [0.2, 0.25) is 11.8 Å². The molecule has 0 aliphatic carbocycles. The van der Waals surface area contributed by atoms with Gasteiger partial charge in [-0.1, -0.05) is 72.8 Å². The first-order valence-corrected chi connectivity index (χ1v) is 11.9. The molecule has 0 spiro atoms. The van der Waals surface area contributed by atoms with E-state index < -0.39 is 40.7 Å². The van der Waals surface area contributed by atoms with Crippen LogP contribution in [-0.2, 0) is 16.1 Å². The van der Waals surface area contributed by atoms with Crippen molar-refractivity contribution >= 4 is 17.6 Å². The fourth-order valence-corrected chi connectivity index (χ4v) is 4.23. The average Bonchev–Trinajstić information content (AvgIpc) is 2.89. The molecule has 3 aromatic rings. The summed E-state index contributed by atoms with van der Waals surface area (Å²) in [5.74, 6) is -2.34. The predicted molar refractivity (Wildman–Crippen MR) is 142 cm³/mol. The van der Waals surface area contributed by atoms with Crippen molar-refractivity contribution in [2.24, 2.45) is 22.3 Å². The lowest BCUT2D eigenvalue weighted by molar-refractivity contribution is -0.485. The van der Waals surface area contributed by atoms with Gasteiger partial charge in [0.1, 0.15) is 11.8 Å². The Morgan fingerprint density at radius 1 is 0.921 bits per heavy atom. The monoisotopic (exact) mass is 518 g/mol. The number of carbonyl (C=O) groups excluding carboxylic acids is 2. The number of amidine groups is 1. The van der Waals surface area contributed by atoms with Gasteiger partial charge in [0.25, 0.3) is 0 Å². The first-order valence-electron chi connectivity index (χ1n) is 11.9. The van der Waals surface area contributed by atoms with E-state index in [1.54, 1.807) is 12.1 Å². The normalized spacial score (nSPS) is 13.1. The van der Waals surface area contributed by atoms with Crippen LogP contribution in [0.4, 0.5) is 0 Å². The standard InChI is InChI=1S/C27H30N6O5/c28-22(25(29)31-33(37)38)14-15-23(26(30)35)32(17-18-8-7-13-21(34)16-18)27(36)24(19-9-3-1-4-10-19)20-11-5-2-6-12-20/h1-13,16,22-24,34H,14-15,17,28H2,(H2,29,31)(H2,30,35)/t22?,23-/m0/s1. The Balaban J connectivity index is 2.03. The molecule has 0 aromatic heterocycles. The molecule has 2 amide bonds. The molecule has 7 N–H and O–H groups in total. The molecule has 0 fully saturated rings. The Kier molecular flexibility index (Phi) is 9.49. The van der Waals surface area contributed by atoms with Gasteiger partial charge in [-0.3, -0.25) is 9.59 Å². The molecule has 0 heterocycles. The highest BCUT2D eigenvalue weighted by molar-refractivity contribution is 5.92. The zero-order valence-electron chi connectivity index (χ0n) is 20.6. The quantitative estimate of drug-likeness (QED) is 0.122. The van der Waals surface area contributed by atoms with Crippen LogP contribution in [-0.4, -0.2) is 44.8 Å². The number of amides is 2. The molecule has 198 valence electrons. The molecule has 38 heavy (non-hydrogen) atoms. The number of phenolic OH excluding ortho intramolecular Hbond substituents is 1. The summed E-state index contributed by atoms with van der Waals surface area (Å²) in [5, 5.41) is 22.7. The third-order valence-electron chi connectivity index (χ3n) is 6.09. The topological polar surface area (TPSA) is 191 Å². The van der Waals surface area contributed by atoms with Crippen molar-refractivity contribution in [1.82, 2.24) is 4.90 Å². The van der Waals surface area contributed by atoms with Crippen LogP contribution < -0.4 is 17.2 Å². The van der Waals surface area contributed by atoms with Gasteiger partial charge < -0.3 is 27.2 Å². The molecular weight excluding hydrogens is 488 g/mol. The van der Waals surface area contributed by atoms with Crippen molar-refractivity contribution in [2.45, 2.75) is 37.4 Å². The van der Waals surface area contributed by atoms with Crippen molar-refractivity contribution in [1.29, 1.82) is 0 Å². The van der Waals surface area contributed by atoms with E-state index in [-0.39, 0.29) is 25.1 Å². The largest absolute Gasteiger partial charge is 0.508 e. The van der Waals surface area contributed by atoms with Crippen LogP contribution in [0.5, 0.6) is 5.75 Å². The smallest absolute Gasteiger partial charge is 0.240 e. The average molecular weight is 519 g/mol. The zero-order chi connectivity index (χ0) is 27.7. The lowest BCUT2D eigenvalue weighted by atomic mass is 9.89. The maximum absolute atomic E-state index is 14.3. The van der Waals surface area contributed by atoms with E-state index in [0.29, 0.717) is 16.7 Å². The first-order chi connectivity index (χ1) is 18.2. The number of rotatable bonds is 12. The first kappa shape index (κ1) is 27.8. The fraction of sp³-hybridized carbons (Fsp3) is 0.222. The Hall–Kier alpha value is -4.77. The molecule has 3 aromatic carbocycles. The SMILES string of the molecule is NC(=O)[C@H](CCC(N)C(N)=N[N+](=O)[O-])N(Cc1cccc(O)c1)C(=O)C(c1ccccc1)c1ccccc1. The van der Waals surface area contributed by atoms with Crippen molar-refractivity contribution in [3.05, 3.63) is 112 Å². The zero-order valence-corrected chi connectivity index (χ0v) is 20.6. The van der Waals surface area contributed by atoms with Gasteiger partial charge in [0.15, 0.2) is 10.9 Å². The Labute approximate surface area is 219 Å². The number of nitrogens with zero attached hydrogens (tertiary/aromatic N) is 3. The second-order valence-corrected chi connectivity index (χ2v) is 8.76. The predicted octanol–water partition coefficient (Wildman–Crippen LogP) is 2.06. The highest BCUT2D eigenvalue weighted by Crippen LogP contribution is 2.29. The number of carbonyl (C=O) groups is 2. The molecule has 11 heteroatoms. The number of primary amides is 1. The number of hydrogen-bond acceptors (Lipinski definition) is 6. The summed E-state index contributed by atoms with van der Waals surface area (Å²) in [6.45, 7) is -0.0370. The van der Waals surface area contributed by atoms with Crippen LogP contribution in [0.2, 0.25) is 0 Å². The van der Waals surface area contributed by atoms with Crippen LogP contribution in [0, 0.1) is 10.1 Å². The summed E-state index contributed by atoms with van der Waals surface area (Å²) in [6, 6.07) is 22.4. The van der Waals surface area contributed by atoms with E-state index in [0.717, 1.165) is 0 Å². The number of nitro groups is 1. The second-order valence-electron chi connectivity index (χ2n) is 8.76. The minimum absolute atomic E-state index is 0.000944. The second kappa shape index (κ2) is 13.0. The summed E-state index contributed by atoms with van der Waals surface area (Å²) in [5.41, 5.74) is 19.4. The van der Waals surface area contributed by atoms with E-state index in [1.165, 1.54) is 17.0 Å². The van der Waals surface area contributed by atoms with Crippen LogP contribution >= 0.6 is 0 Å². The van der Waals surface area contributed by atoms with Gasteiger partial charge in [-0.25, -0.2) is 10.1 Å². The van der Waals surface area contributed by atoms with Gasteiger partial charge in [-0.05, 0) is 41.7 Å². The minimum Gasteiger partial charge on any atom is -0.508 e. The molecule has 0 aliphatic heterocycles. The third kappa shape index (κ3) is 7.37. The minimum atomic E-state index is -1.13. The number of aromatic hydroxyl groups is 1. The van der Waals surface area contributed by atoms with E-state index in [9.17, 15) is 24.8 Å². The summed E-state index contributed by atoms with van der Waals surface area (Å²) >= 11 is 0. The van der Waals surface area contributed by atoms with Gasteiger partial charge in [-0.15, -0.1) is 0 Å². The van der Waals surface area contributed by atoms with Gasteiger partial charge in [0, 0.05) is 6.54 Å². The van der Waals surface area contributed by atoms with Crippen LogP contribution in [0.1, 0.15) is 35.4 Å². The molecule has 0 saturated heterocycles. The number of hydrazone groups is 1.